The quantitative estimate of drug-likeness (QED) is 0.544. The van der Waals surface area contributed by atoms with Crippen molar-refractivity contribution in [3.63, 3.8) is 0 Å². The minimum atomic E-state index is -2.78. The fourth-order valence-corrected chi connectivity index (χ4v) is 4.47. The van der Waals surface area contributed by atoms with E-state index < -0.39 is 7.37 Å². The second-order valence-corrected chi connectivity index (χ2v) is 7.17. The Morgan fingerprint density at radius 3 is 2.43 bits per heavy atom. The maximum absolute atomic E-state index is 11.9. The molecule has 84 valence electrons. The Kier molecular flexibility index (Phi) is 5.19. The number of unbranched alkanes of at least 4 members (excludes halogenated alkanes) is 3. The Balaban J connectivity index is 2.22. The van der Waals surface area contributed by atoms with Crippen LogP contribution in [0.4, 0.5) is 0 Å². The molecule has 2 nitrogen and oxygen atoms in total. The molecule has 1 unspecified atom stereocenters. The van der Waals surface area contributed by atoms with Crippen molar-refractivity contribution in [1.29, 1.82) is 0 Å². The van der Waals surface area contributed by atoms with Crippen LogP contribution in [-0.4, -0.2) is 16.7 Å². The average molecular weight is 218 g/mol. The summed E-state index contributed by atoms with van der Waals surface area (Å²) < 4.78 is 11.9. The van der Waals surface area contributed by atoms with Crippen molar-refractivity contribution in [3.05, 3.63) is 0 Å². The summed E-state index contributed by atoms with van der Waals surface area (Å²) in [6.07, 6.45) is 9.31. The standard InChI is InChI=1S/C11H23O2P/c1-2-3-4-7-10-14(12,13)11-8-5-6-9-11/h11H,2-10H2,1H3,(H,12,13). The maximum Gasteiger partial charge on any atom is 0.203 e. The molecule has 1 atom stereocenters. The van der Waals surface area contributed by atoms with E-state index in [4.69, 9.17) is 0 Å². The van der Waals surface area contributed by atoms with E-state index in [0.717, 1.165) is 38.5 Å². The fourth-order valence-electron chi connectivity index (χ4n) is 2.26. The Morgan fingerprint density at radius 2 is 1.86 bits per heavy atom. The summed E-state index contributed by atoms with van der Waals surface area (Å²) >= 11 is 0. The number of rotatable bonds is 6. The van der Waals surface area contributed by atoms with Crippen molar-refractivity contribution in [3.8, 4) is 0 Å². The first-order chi connectivity index (χ1) is 6.67. The van der Waals surface area contributed by atoms with Crippen molar-refractivity contribution in [2.24, 2.45) is 0 Å². The Morgan fingerprint density at radius 1 is 1.21 bits per heavy atom. The summed E-state index contributed by atoms with van der Waals surface area (Å²) in [7, 11) is -2.78. The first kappa shape index (κ1) is 12.3. The summed E-state index contributed by atoms with van der Waals surface area (Å²) in [6, 6.07) is 0. The molecule has 1 saturated carbocycles. The van der Waals surface area contributed by atoms with Crippen LogP contribution in [0, 0.1) is 0 Å². The van der Waals surface area contributed by atoms with E-state index in [1.807, 2.05) is 0 Å². The van der Waals surface area contributed by atoms with Crippen molar-refractivity contribution in [2.45, 2.75) is 63.9 Å². The minimum Gasteiger partial charge on any atom is -0.344 e. The molecule has 0 saturated heterocycles. The predicted molar refractivity (Wildman–Crippen MR) is 61.1 cm³/mol. The zero-order valence-corrected chi connectivity index (χ0v) is 10.1. The largest absolute Gasteiger partial charge is 0.344 e. The lowest BCUT2D eigenvalue weighted by molar-refractivity contribution is 0.458. The summed E-state index contributed by atoms with van der Waals surface area (Å²) in [5.74, 6) is 0. The van der Waals surface area contributed by atoms with E-state index >= 15 is 0 Å². The van der Waals surface area contributed by atoms with Crippen molar-refractivity contribution in [1.82, 2.24) is 0 Å². The molecule has 0 heterocycles. The van der Waals surface area contributed by atoms with Gasteiger partial charge < -0.3 is 4.89 Å². The van der Waals surface area contributed by atoms with Gasteiger partial charge in [0.05, 0.1) is 0 Å². The molecule has 1 aliphatic carbocycles. The van der Waals surface area contributed by atoms with Gasteiger partial charge in [0.25, 0.3) is 0 Å². The van der Waals surface area contributed by atoms with Gasteiger partial charge in [-0.3, -0.25) is 4.57 Å². The topological polar surface area (TPSA) is 37.3 Å². The van der Waals surface area contributed by atoms with Crippen LogP contribution in [0.15, 0.2) is 0 Å². The molecule has 0 aliphatic heterocycles. The molecule has 0 amide bonds. The maximum atomic E-state index is 11.9. The third kappa shape index (κ3) is 3.74. The van der Waals surface area contributed by atoms with Crippen LogP contribution in [0.2, 0.25) is 0 Å². The highest BCUT2D eigenvalue weighted by atomic mass is 31.2. The molecule has 0 aromatic rings. The SMILES string of the molecule is CCCCCCP(=O)(O)C1CCCC1. The molecular weight excluding hydrogens is 195 g/mol. The van der Waals surface area contributed by atoms with Crippen molar-refractivity contribution >= 4 is 7.37 Å². The highest BCUT2D eigenvalue weighted by Gasteiger charge is 2.32. The summed E-state index contributed by atoms with van der Waals surface area (Å²) in [5, 5.41) is 0. The molecular formula is C11H23O2P. The lowest BCUT2D eigenvalue weighted by atomic mass is 10.2. The third-order valence-electron chi connectivity index (χ3n) is 3.23. The second kappa shape index (κ2) is 5.92. The lowest BCUT2D eigenvalue weighted by Gasteiger charge is -2.17. The van der Waals surface area contributed by atoms with Crippen LogP contribution >= 0.6 is 7.37 Å². The summed E-state index contributed by atoms with van der Waals surface area (Å²) in [5.41, 5.74) is 0.143. The molecule has 0 aromatic heterocycles. The van der Waals surface area contributed by atoms with Crippen LogP contribution in [0.25, 0.3) is 0 Å². The minimum absolute atomic E-state index is 0.143. The third-order valence-corrected chi connectivity index (χ3v) is 5.84. The molecule has 0 bridgehead atoms. The molecule has 14 heavy (non-hydrogen) atoms. The molecule has 0 radical (unpaired) electrons. The zero-order valence-electron chi connectivity index (χ0n) is 9.24. The van der Waals surface area contributed by atoms with Gasteiger partial charge in [-0.25, -0.2) is 0 Å². The van der Waals surface area contributed by atoms with Crippen LogP contribution in [0.3, 0.4) is 0 Å². The normalized spacial score (nSPS) is 22.4. The van der Waals surface area contributed by atoms with E-state index in [9.17, 15) is 9.46 Å². The van der Waals surface area contributed by atoms with Gasteiger partial charge in [-0.1, -0.05) is 39.0 Å². The Labute approximate surface area is 87.6 Å². The van der Waals surface area contributed by atoms with E-state index in [0.29, 0.717) is 6.16 Å². The molecule has 1 rings (SSSR count). The molecule has 1 fully saturated rings. The van der Waals surface area contributed by atoms with E-state index in [-0.39, 0.29) is 5.66 Å². The van der Waals surface area contributed by atoms with Crippen LogP contribution < -0.4 is 0 Å². The highest BCUT2D eigenvalue weighted by Crippen LogP contribution is 2.53. The highest BCUT2D eigenvalue weighted by molar-refractivity contribution is 7.58. The van der Waals surface area contributed by atoms with Gasteiger partial charge in [-0.2, -0.15) is 0 Å². The second-order valence-electron chi connectivity index (χ2n) is 4.48. The fraction of sp³-hybridized carbons (Fsp3) is 1.00. The van der Waals surface area contributed by atoms with Crippen LogP contribution in [0.1, 0.15) is 58.3 Å². The molecule has 1 N–H and O–H groups in total. The zero-order chi connectivity index (χ0) is 10.4. The molecule has 0 aromatic carbocycles. The van der Waals surface area contributed by atoms with Crippen LogP contribution in [-0.2, 0) is 4.57 Å². The molecule has 0 spiro atoms. The Bertz CT molecular complexity index is 197. The predicted octanol–water partition coefficient (Wildman–Crippen LogP) is 3.78. The Hall–Kier alpha value is 0.190. The smallest absolute Gasteiger partial charge is 0.203 e. The van der Waals surface area contributed by atoms with Crippen molar-refractivity contribution in [2.75, 3.05) is 6.16 Å². The van der Waals surface area contributed by atoms with Gasteiger partial charge in [0.15, 0.2) is 0 Å². The lowest BCUT2D eigenvalue weighted by Crippen LogP contribution is -2.05. The monoisotopic (exact) mass is 218 g/mol. The van der Waals surface area contributed by atoms with Crippen LogP contribution in [0.5, 0.6) is 0 Å². The molecule has 3 heteroatoms. The van der Waals surface area contributed by atoms with Gasteiger partial charge in [0.2, 0.25) is 7.37 Å². The van der Waals surface area contributed by atoms with E-state index in [1.165, 1.54) is 12.8 Å². The van der Waals surface area contributed by atoms with Crippen molar-refractivity contribution < 1.29 is 9.46 Å². The van der Waals surface area contributed by atoms with E-state index in [1.54, 1.807) is 0 Å². The molecule has 1 aliphatic rings. The number of hydrogen-bond acceptors (Lipinski definition) is 1. The van der Waals surface area contributed by atoms with E-state index in [2.05, 4.69) is 6.92 Å². The van der Waals surface area contributed by atoms with Gasteiger partial charge in [-0.15, -0.1) is 0 Å². The summed E-state index contributed by atoms with van der Waals surface area (Å²) in [4.78, 5) is 9.87. The van der Waals surface area contributed by atoms with Gasteiger partial charge >= 0.3 is 0 Å². The number of hydrogen-bond donors (Lipinski definition) is 1. The van der Waals surface area contributed by atoms with Gasteiger partial charge in [0, 0.05) is 11.8 Å². The average Bonchev–Trinajstić information content (AvgIpc) is 2.65. The summed E-state index contributed by atoms with van der Waals surface area (Å²) in [6.45, 7) is 2.16. The first-order valence-electron chi connectivity index (χ1n) is 5.98. The first-order valence-corrected chi connectivity index (χ1v) is 7.89. The van der Waals surface area contributed by atoms with Gasteiger partial charge in [0.1, 0.15) is 0 Å². The van der Waals surface area contributed by atoms with Gasteiger partial charge in [-0.05, 0) is 19.3 Å².